The number of aryl methyl sites for hydroxylation is 1. The van der Waals surface area contributed by atoms with Crippen LogP contribution in [0.3, 0.4) is 0 Å². The SMILES string of the molecule is CSc1ccc(NC(=O)COC(=O)CCc2c[nH]c3ccccc23)cc1. The van der Waals surface area contributed by atoms with E-state index in [0.717, 1.165) is 21.4 Å². The molecule has 0 aliphatic carbocycles. The Morgan fingerprint density at radius 3 is 2.65 bits per heavy atom. The summed E-state index contributed by atoms with van der Waals surface area (Å²) in [5.41, 5.74) is 2.79. The van der Waals surface area contributed by atoms with Gasteiger partial charge in [0.2, 0.25) is 0 Å². The maximum Gasteiger partial charge on any atom is 0.306 e. The van der Waals surface area contributed by atoms with E-state index < -0.39 is 0 Å². The number of aromatic amines is 1. The first-order valence-electron chi connectivity index (χ1n) is 8.30. The summed E-state index contributed by atoms with van der Waals surface area (Å²) in [4.78, 5) is 28.1. The van der Waals surface area contributed by atoms with Gasteiger partial charge in [-0.3, -0.25) is 9.59 Å². The molecule has 0 unspecified atom stereocenters. The molecule has 2 N–H and O–H groups in total. The number of anilines is 1. The molecular formula is C20H20N2O3S. The molecule has 3 rings (SSSR count). The summed E-state index contributed by atoms with van der Waals surface area (Å²) in [6.45, 7) is -0.281. The third-order valence-corrected chi connectivity index (χ3v) is 4.75. The molecule has 26 heavy (non-hydrogen) atoms. The number of hydrogen-bond donors (Lipinski definition) is 2. The second-order valence-electron chi connectivity index (χ2n) is 5.80. The van der Waals surface area contributed by atoms with Crippen LogP contribution in [0.25, 0.3) is 10.9 Å². The number of rotatable bonds is 7. The minimum Gasteiger partial charge on any atom is -0.456 e. The van der Waals surface area contributed by atoms with Gasteiger partial charge < -0.3 is 15.0 Å². The Kier molecular flexibility index (Phi) is 5.96. The van der Waals surface area contributed by atoms with Gasteiger partial charge in [-0.2, -0.15) is 0 Å². The molecule has 0 radical (unpaired) electrons. The first-order valence-corrected chi connectivity index (χ1v) is 9.52. The molecule has 0 bridgehead atoms. The highest BCUT2D eigenvalue weighted by atomic mass is 32.2. The second-order valence-corrected chi connectivity index (χ2v) is 6.68. The Morgan fingerprint density at radius 2 is 1.88 bits per heavy atom. The number of aromatic nitrogens is 1. The third kappa shape index (κ3) is 4.67. The van der Waals surface area contributed by atoms with E-state index >= 15 is 0 Å². The third-order valence-electron chi connectivity index (χ3n) is 4.01. The average Bonchev–Trinajstić information content (AvgIpc) is 3.08. The van der Waals surface area contributed by atoms with Crippen LogP contribution in [0.1, 0.15) is 12.0 Å². The molecule has 1 amide bonds. The number of amides is 1. The lowest BCUT2D eigenvalue weighted by atomic mass is 10.1. The number of nitrogens with one attached hydrogen (secondary N) is 2. The van der Waals surface area contributed by atoms with E-state index in [0.29, 0.717) is 12.1 Å². The van der Waals surface area contributed by atoms with Crippen LogP contribution < -0.4 is 5.32 Å². The van der Waals surface area contributed by atoms with Gasteiger partial charge in [0.05, 0.1) is 0 Å². The number of para-hydroxylation sites is 1. The van der Waals surface area contributed by atoms with E-state index in [2.05, 4.69) is 10.3 Å². The van der Waals surface area contributed by atoms with Crippen LogP contribution in [0.5, 0.6) is 0 Å². The highest BCUT2D eigenvalue weighted by Gasteiger charge is 2.10. The zero-order valence-corrected chi connectivity index (χ0v) is 15.3. The predicted molar refractivity (Wildman–Crippen MR) is 104 cm³/mol. The normalized spacial score (nSPS) is 10.7. The molecule has 0 spiro atoms. The van der Waals surface area contributed by atoms with Crippen molar-refractivity contribution in [3.63, 3.8) is 0 Å². The Labute approximate surface area is 156 Å². The van der Waals surface area contributed by atoms with Gasteiger partial charge >= 0.3 is 5.97 Å². The minimum absolute atomic E-state index is 0.234. The molecule has 0 atom stereocenters. The van der Waals surface area contributed by atoms with Crippen LogP contribution in [-0.4, -0.2) is 29.7 Å². The Balaban J connectivity index is 1.44. The predicted octanol–water partition coefficient (Wildman–Crippen LogP) is 4.00. The number of carbonyl (C=O) groups is 2. The average molecular weight is 368 g/mol. The number of esters is 1. The quantitative estimate of drug-likeness (QED) is 0.488. The Hall–Kier alpha value is -2.73. The molecule has 3 aromatic rings. The highest BCUT2D eigenvalue weighted by molar-refractivity contribution is 7.98. The largest absolute Gasteiger partial charge is 0.456 e. The topological polar surface area (TPSA) is 71.2 Å². The van der Waals surface area contributed by atoms with Crippen LogP contribution in [0.15, 0.2) is 59.6 Å². The van der Waals surface area contributed by atoms with Crippen molar-refractivity contribution in [2.45, 2.75) is 17.7 Å². The molecule has 0 fully saturated rings. The molecule has 1 heterocycles. The van der Waals surface area contributed by atoms with E-state index in [1.165, 1.54) is 0 Å². The maximum absolute atomic E-state index is 11.9. The van der Waals surface area contributed by atoms with Crippen molar-refractivity contribution in [1.82, 2.24) is 4.98 Å². The molecular weight excluding hydrogens is 348 g/mol. The lowest BCUT2D eigenvalue weighted by molar-refractivity contribution is -0.147. The smallest absolute Gasteiger partial charge is 0.306 e. The zero-order valence-electron chi connectivity index (χ0n) is 14.5. The van der Waals surface area contributed by atoms with Gasteiger partial charge in [-0.1, -0.05) is 18.2 Å². The summed E-state index contributed by atoms with van der Waals surface area (Å²) in [6, 6.07) is 15.4. The van der Waals surface area contributed by atoms with Crippen molar-refractivity contribution in [2.24, 2.45) is 0 Å². The lowest BCUT2D eigenvalue weighted by Crippen LogP contribution is -2.21. The van der Waals surface area contributed by atoms with Gasteiger partial charge in [0.15, 0.2) is 6.61 Å². The molecule has 134 valence electrons. The fourth-order valence-electron chi connectivity index (χ4n) is 2.66. The number of benzene rings is 2. The van der Waals surface area contributed by atoms with Crippen LogP contribution in [-0.2, 0) is 20.7 Å². The Bertz CT molecular complexity index is 903. The highest BCUT2D eigenvalue weighted by Crippen LogP contribution is 2.19. The van der Waals surface area contributed by atoms with E-state index in [9.17, 15) is 9.59 Å². The van der Waals surface area contributed by atoms with E-state index in [4.69, 9.17) is 4.74 Å². The molecule has 5 nitrogen and oxygen atoms in total. The lowest BCUT2D eigenvalue weighted by Gasteiger charge is -2.07. The number of H-pyrrole nitrogens is 1. The van der Waals surface area contributed by atoms with Crippen molar-refractivity contribution in [1.29, 1.82) is 0 Å². The first kappa shape index (κ1) is 18.1. The van der Waals surface area contributed by atoms with Crippen molar-refractivity contribution < 1.29 is 14.3 Å². The summed E-state index contributed by atoms with van der Waals surface area (Å²) < 4.78 is 5.07. The first-order chi connectivity index (χ1) is 12.7. The van der Waals surface area contributed by atoms with Gasteiger partial charge in [-0.05, 0) is 48.6 Å². The fourth-order valence-corrected chi connectivity index (χ4v) is 3.07. The van der Waals surface area contributed by atoms with Gasteiger partial charge in [0.1, 0.15) is 0 Å². The van der Waals surface area contributed by atoms with Gasteiger partial charge in [-0.25, -0.2) is 0 Å². The second kappa shape index (κ2) is 8.58. The molecule has 1 aromatic heterocycles. The standard InChI is InChI=1S/C20H20N2O3S/c1-26-16-9-7-15(8-10-16)22-19(23)13-25-20(24)11-6-14-12-21-18-5-3-2-4-17(14)18/h2-5,7-10,12,21H,6,11,13H2,1H3,(H,22,23). The molecule has 2 aromatic carbocycles. The summed E-state index contributed by atoms with van der Waals surface area (Å²) >= 11 is 1.63. The summed E-state index contributed by atoms with van der Waals surface area (Å²) in [6.07, 6.45) is 4.70. The van der Waals surface area contributed by atoms with E-state index in [-0.39, 0.29) is 24.9 Å². The summed E-state index contributed by atoms with van der Waals surface area (Å²) in [7, 11) is 0. The van der Waals surface area contributed by atoms with Gasteiger partial charge in [0.25, 0.3) is 5.91 Å². The number of carbonyl (C=O) groups excluding carboxylic acids is 2. The van der Waals surface area contributed by atoms with E-state index in [1.54, 1.807) is 11.8 Å². The molecule has 0 saturated heterocycles. The molecule has 0 aliphatic rings. The zero-order chi connectivity index (χ0) is 18.4. The number of thioether (sulfide) groups is 1. The van der Waals surface area contributed by atoms with Gasteiger partial charge in [-0.15, -0.1) is 11.8 Å². The van der Waals surface area contributed by atoms with Gasteiger partial charge in [0, 0.05) is 34.1 Å². The fraction of sp³-hybridized carbons (Fsp3) is 0.200. The summed E-state index contributed by atoms with van der Waals surface area (Å²) in [5.74, 6) is -0.731. The van der Waals surface area contributed by atoms with E-state index in [1.807, 2.05) is 61.0 Å². The maximum atomic E-state index is 11.9. The van der Waals surface area contributed by atoms with Crippen molar-refractivity contribution in [3.05, 3.63) is 60.3 Å². The van der Waals surface area contributed by atoms with Crippen LogP contribution >= 0.6 is 11.8 Å². The van der Waals surface area contributed by atoms with Crippen molar-refractivity contribution >= 4 is 40.2 Å². The van der Waals surface area contributed by atoms with Crippen molar-refractivity contribution in [3.8, 4) is 0 Å². The van der Waals surface area contributed by atoms with Crippen LogP contribution in [0.2, 0.25) is 0 Å². The molecule has 0 aliphatic heterocycles. The summed E-state index contributed by atoms with van der Waals surface area (Å²) in [5, 5.41) is 3.82. The monoisotopic (exact) mass is 368 g/mol. The minimum atomic E-state index is -0.386. The van der Waals surface area contributed by atoms with Crippen LogP contribution in [0, 0.1) is 0 Å². The van der Waals surface area contributed by atoms with Crippen LogP contribution in [0.4, 0.5) is 5.69 Å². The number of fused-ring (bicyclic) bond motifs is 1. The number of hydrogen-bond acceptors (Lipinski definition) is 4. The molecule has 0 saturated carbocycles. The molecule has 6 heteroatoms. The Morgan fingerprint density at radius 1 is 1.12 bits per heavy atom. The van der Waals surface area contributed by atoms with Crippen molar-refractivity contribution in [2.75, 3.05) is 18.2 Å². The number of ether oxygens (including phenoxy) is 1.